The molecule has 18 heavy (non-hydrogen) atoms. The normalized spacial score (nSPS) is 9.72. The maximum atomic E-state index is 10.8. The predicted octanol–water partition coefficient (Wildman–Crippen LogP) is 2.86. The first-order chi connectivity index (χ1) is 8.65. The Kier molecular flexibility index (Phi) is 5.24. The van der Waals surface area contributed by atoms with Crippen molar-refractivity contribution in [2.24, 2.45) is 0 Å². The lowest BCUT2D eigenvalue weighted by Gasteiger charge is -2.15. The Morgan fingerprint density at radius 1 is 1.28 bits per heavy atom. The molecule has 0 aliphatic heterocycles. The lowest BCUT2D eigenvalue weighted by molar-refractivity contribution is 0.112. The van der Waals surface area contributed by atoms with Crippen molar-refractivity contribution in [2.75, 3.05) is 20.8 Å². The van der Waals surface area contributed by atoms with Crippen molar-refractivity contribution in [3.63, 3.8) is 0 Å². The number of ether oxygens (including phenoxy) is 3. The molecule has 0 fully saturated rings. The zero-order chi connectivity index (χ0) is 13.5. The Morgan fingerprint density at radius 2 is 1.83 bits per heavy atom. The number of carbonyl (C=O) groups is 1. The summed E-state index contributed by atoms with van der Waals surface area (Å²) in [7, 11) is 3.04. The summed E-state index contributed by atoms with van der Waals surface area (Å²) in [4.78, 5) is 10.8. The minimum atomic E-state index is 0.393. The van der Waals surface area contributed by atoms with Gasteiger partial charge in [0.05, 0.1) is 14.2 Å². The van der Waals surface area contributed by atoms with Gasteiger partial charge < -0.3 is 14.2 Å². The highest BCUT2D eigenvalue weighted by Gasteiger charge is 2.14. The molecule has 1 aromatic rings. The number of aldehydes is 1. The van der Waals surface area contributed by atoms with Gasteiger partial charge in [0, 0.05) is 5.56 Å². The fourth-order valence-corrected chi connectivity index (χ4v) is 1.39. The van der Waals surface area contributed by atoms with Gasteiger partial charge in [-0.1, -0.05) is 13.5 Å². The van der Waals surface area contributed by atoms with Crippen LogP contribution in [0.3, 0.4) is 0 Å². The highest BCUT2D eigenvalue weighted by atomic mass is 16.5. The van der Waals surface area contributed by atoms with Crippen LogP contribution in [0.25, 0.3) is 0 Å². The number of hydrogen-bond acceptors (Lipinski definition) is 4. The second kappa shape index (κ2) is 6.69. The van der Waals surface area contributed by atoms with Crippen LogP contribution < -0.4 is 14.2 Å². The molecule has 0 unspecified atom stereocenters. The fraction of sp³-hybridized carbons (Fsp3) is 0.357. The van der Waals surface area contributed by atoms with E-state index in [0.717, 1.165) is 18.3 Å². The molecular weight excluding hydrogens is 232 g/mol. The summed E-state index contributed by atoms with van der Waals surface area (Å²) in [6, 6.07) is 3.22. The Morgan fingerprint density at radius 3 is 2.22 bits per heavy atom. The second-order valence-corrected chi connectivity index (χ2v) is 3.76. The minimum absolute atomic E-state index is 0.393. The highest BCUT2D eigenvalue weighted by Crippen LogP contribution is 2.38. The van der Waals surface area contributed by atoms with E-state index in [1.54, 1.807) is 12.1 Å². The summed E-state index contributed by atoms with van der Waals surface area (Å²) in [6.45, 7) is 6.27. The molecule has 0 aromatic heterocycles. The van der Waals surface area contributed by atoms with Crippen molar-refractivity contribution < 1.29 is 19.0 Å². The number of hydrogen-bond donors (Lipinski definition) is 0. The number of carbonyl (C=O) groups excluding carboxylic acids is 1. The maximum Gasteiger partial charge on any atom is 0.203 e. The first-order valence-electron chi connectivity index (χ1n) is 5.66. The van der Waals surface area contributed by atoms with Crippen molar-refractivity contribution in [3.8, 4) is 17.2 Å². The molecule has 4 heteroatoms. The van der Waals surface area contributed by atoms with Crippen molar-refractivity contribution in [3.05, 3.63) is 29.8 Å². The third kappa shape index (κ3) is 3.26. The van der Waals surface area contributed by atoms with Gasteiger partial charge >= 0.3 is 0 Å². The Hall–Kier alpha value is -1.97. The van der Waals surface area contributed by atoms with E-state index in [-0.39, 0.29) is 0 Å². The molecule has 1 aromatic carbocycles. The Labute approximate surface area is 107 Å². The van der Waals surface area contributed by atoms with E-state index in [1.807, 2.05) is 6.92 Å². The predicted molar refractivity (Wildman–Crippen MR) is 69.9 cm³/mol. The first-order valence-corrected chi connectivity index (χ1v) is 5.66. The van der Waals surface area contributed by atoms with Crippen LogP contribution in [0.15, 0.2) is 24.3 Å². The lowest BCUT2D eigenvalue weighted by Crippen LogP contribution is -2.03. The quantitative estimate of drug-likeness (QED) is 0.551. The molecule has 0 amide bonds. The Balaban J connectivity index is 3.06. The van der Waals surface area contributed by atoms with Gasteiger partial charge in [0.2, 0.25) is 5.75 Å². The number of rotatable bonds is 7. The maximum absolute atomic E-state index is 10.8. The Bertz CT molecular complexity index is 412. The summed E-state index contributed by atoms with van der Waals surface area (Å²) in [5.41, 5.74) is 1.45. The van der Waals surface area contributed by atoms with Crippen LogP contribution in [0.5, 0.6) is 17.2 Å². The smallest absolute Gasteiger partial charge is 0.203 e. The molecule has 0 saturated heterocycles. The first kappa shape index (κ1) is 14.1. The van der Waals surface area contributed by atoms with Gasteiger partial charge in [0.1, 0.15) is 12.9 Å². The van der Waals surface area contributed by atoms with Crippen LogP contribution in [0.1, 0.15) is 23.7 Å². The third-order valence-electron chi connectivity index (χ3n) is 2.54. The van der Waals surface area contributed by atoms with Crippen LogP contribution in [0, 0.1) is 0 Å². The van der Waals surface area contributed by atoms with E-state index in [0.29, 0.717) is 29.4 Å². The zero-order valence-electron chi connectivity index (χ0n) is 11.0. The van der Waals surface area contributed by atoms with Crippen LogP contribution in [-0.2, 0) is 0 Å². The standard InChI is InChI=1S/C14H18O4/c1-5-10(2)9-18-14-12(16-3)6-11(8-15)7-13(14)17-4/h6-8H,2,5,9H2,1,3-4H3. The molecule has 0 aliphatic rings. The lowest BCUT2D eigenvalue weighted by atomic mass is 10.2. The van der Waals surface area contributed by atoms with Crippen molar-refractivity contribution >= 4 is 6.29 Å². The van der Waals surface area contributed by atoms with Gasteiger partial charge in [0.15, 0.2) is 11.5 Å². The molecule has 0 saturated carbocycles. The number of benzene rings is 1. The average molecular weight is 250 g/mol. The molecule has 4 nitrogen and oxygen atoms in total. The molecular formula is C14H18O4. The van der Waals surface area contributed by atoms with E-state index in [1.165, 1.54) is 14.2 Å². The van der Waals surface area contributed by atoms with E-state index < -0.39 is 0 Å². The van der Waals surface area contributed by atoms with Gasteiger partial charge in [-0.3, -0.25) is 4.79 Å². The molecule has 0 spiro atoms. The molecule has 0 radical (unpaired) electrons. The van der Waals surface area contributed by atoms with Gasteiger partial charge in [0.25, 0.3) is 0 Å². The largest absolute Gasteiger partial charge is 0.493 e. The SMILES string of the molecule is C=C(CC)COc1c(OC)cc(C=O)cc1OC. The van der Waals surface area contributed by atoms with E-state index in [2.05, 4.69) is 6.58 Å². The van der Waals surface area contributed by atoms with Crippen molar-refractivity contribution in [2.45, 2.75) is 13.3 Å². The molecule has 0 N–H and O–H groups in total. The molecule has 0 aliphatic carbocycles. The molecule has 98 valence electrons. The van der Waals surface area contributed by atoms with E-state index in [9.17, 15) is 4.79 Å². The summed E-state index contributed by atoms with van der Waals surface area (Å²) in [6.07, 6.45) is 1.58. The van der Waals surface area contributed by atoms with Crippen molar-refractivity contribution in [1.29, 1.82) is 0 Å². The summed E-state index contributed by atoms with van der Waals surface area (Å²) in [5, 5.41) is 0. The minimum Gasteiger partial charge on any atom is -0.493 e. The topological polar surface area (TPSA) is 44.8 Å². The molecule has 1 rings (SSSR count). The fourth-order valence-electron chi connectivity index (χ4n) is 1.39. The van der Waals surface area contributed by atoms with Crippen molar-refractivity contribution in [1.82, 2.24) is 0 Å². The monoisotopic (exact) mass is 250 g/mol. The van der Waals surface area contributed by atoms with Gasteiger partial charge in [-0.25, -0.2) is 0 Å². The van der Waals surface area contributed by atoms with E-state index in [4.69, 9.17) is 14.2 Å². The highest BCUT2D eigenvalue weighted by molar-refractivity contribution is 5.78. The zero-order valence-corrected chi connectivity index (χ0v) is 11.0. The summed E-state index contributed by atoms with van der Waals surface area (Å²) >= 11 is 0. The van der Waals surface area contributed by atoms with Crippen LogP contribution in [0.2, 0.25) is 0 Å². The van der Waals surface area contributed by atoms with Gasteiger partial charge in [-0.15, -0.1) is 0 Å². The van der Waals surface area contributed by atoms with Crippen LogP contribution in [0.4, 0.5) is 0 Å². The van der Waals surface area contributed by atoms with Crippen LogP contribution >= 0.6 is 0 Å². The third-order valence-corrected chi connectivity index (χ3v) is 2.54. The summed E-state index contributed by atoms with van der Waals surface area (Å²) < 4.78 is 16.0. The second-order valence-electron chi connectivity index (χ2n) is 3.76. The number of methoxy groups -OCH3 is 2. The van der Waals surface area contributed by atoms with Gasteiger partial charge in [-0.2, -0.15) is 0 Å². The molecule has 0 bridgehead atoms. The molecule has 0 atom stereocenters. The average Bonchev–Trinajstić information content (AvgIpc) is 2.43. The molecule has 0 heterocycles. The van der Waals surface area contributed by atoms with Crippen LogP contribution in [-0.4, -0.2) is 27.1 Å². The summed E-state index contributed by atoms with van der Waals surface area (Å²) in [5.74, 6) is 1.43. The van der Waals surface area contributed by atoms with E-state index >= 15 is 0 Å². The van der Waals surface area contributed by atoms with Gasteiger partial charge in [-0.05, 0) is 24.1 Å².